The summed E-state index contributed by atoms with van der Waals surface area (Å²) in [4.78, 5) is 0. The Balaban J connectivity index is 2.80. The molecule has 0 aliphatic carbocycles. The van der Waals surface area contributed by atoms with Crippen molar-refractivity contribution in [2.75, 3.05) is 0 Å². The summed E-state index contributed by atoms with van der Waals surface area (Å²) in [6, 6.07) is 3.08. The van der Waals surface area contributed by atoms with Gasteiger partial charge in [0.15, 0.2) is 11.0 Å². The molecule has 0 heterocycles. The summed E-state index contributed by atoms with van der Waals surface area (Å²) < 4.78 is 41.3. The molecule has 0 fully saturated rings. The summed E-state index contributed by atoms with van der Waals surface area (Å²) in [5.41, 5.74) is 0.279. The number of rotatable bonds is 4. The first-order chi connectivity index (χ1) is 7.90. The van der Waals surface area contributed by atoms with Gasteiger partial charge in [-0.05, 0) is 19.1 Å². The smallest absolute Gasteiger partial charge is 0.192 e. The minimum Gasteiger partial charge on any atom is -0.207 e. The number of benzene rings is 1. The Morgan fingerprint density at radius 3 is 2.18 bits per heavy atom. The van der Waals surface area contributed by atoms with Crippen molar-refractivity contribution < 1.29 is 13.0 Å². The van der Waals surface area contributed by atoms with Crippen LogP contribution in [0.4, 0.5) is 8.78 Å². The summed E-state index contributed by atoms with van der Waals surface area (Å²) in [6.45, 7) is 5.75. The Bertz CT molecular complexity index is 426. The van der Waals surface area contributed by atoms with E-state index in [9.17, 15) is 13.0 Å². The van der Waals surface area contributed by atoms with Gasteiger partial charge in [-0.15, -0.1) is 0 Å². The summed E-state index contributed by atoms with van der Waals surface area (Å²) in [5, 5.41) is -0.0559. The lowest BCUT2D eigenvalue weighted by Gasteiger charge is -2.05. The van der Waals surface area contributed by atoms with Gasteiger partial charge in [0, 0.05) is 17.5 Å². The van der Waals surface area contributed by atoms with E-state index in [1.54, 1.807) is 0 Å². The van der Waals surface area contributed by atoms with E-state index in [0.29, 0.717) is 0 Å². The van der Waals surface area contributed by atoms with Crippen molar-refractivity contribution in [3.63, 3.8) is 0 Å². The van der Waals surface area contributed by atoms with Crippen LogP contribution in [-0.2, 0) is 15.2 Å². The maximum Gasteiger partial charge on any atom is 0.192 e. The molecule has 1 aromatic rings. The first-order valence-electron chi connectivity index (χ1n) is 5.36. The molecule has 0 bridgehead atoms. The summed E-state index contributed by atoms with van der Waals surface area (Å²) in [6.07, 6.45) is 1.25. The maximum absolute atomic E-state index is 12.9. The number of nitrogens with zero attached hydrogens (tertiary/aromatic N) is 1. The highest BCUT2D eigenvalue weighted by Gasteiger charge is 2.19. The molecular weight excluding hydrogens is 244 g/mol. The Labute approximate surface area is 102 Å². The number of thiol groups is 1. The highest BCUT2D eigenvalue weighted by molar-refractivity contribution is 7.84. The Hall–Kier alpha value is -1.10. The molecule has 17 heavy (non-hydrogen) atoms. The Kier molecular flexibility index (Phi) is 4.93. The minimum absolute atomic E-state index is 0.0559. The van der Waals surface area contributed by atoms with Crippen LogP contribution in [0.2, 0.25) is 0 Å². The van der Waals surface area contributed by atoms with Gasteiger partial charge in [-0.25, -0.2) is 8.78 Å². The van der Waals surface area contributed by atoms with Gasteiger partial charge in [0.25, 0.3) is 0 Å². The van der Waals surface area contributed by atoms with E-state index in [-0.39, 0.29) is 16.7 Å². The van der Waals surface area contributed by atoms with Crippen LogP contribution in [0, 0.1) is 17.6 Å². The quantitative estimate of drug-likeness (QED) is 0.465. The van der Waals surface area contributed by atoms with Crippen LogP contribution >= 0.6 is 0 Å². The average molecular weight is 260 g/mol. The lowest BCUT2D eigenvalue weighted by molar-refractivity contribution is 0.564. The second-order valence-electron chi connectivity index (χ2n) is 4.23. The standard InChI is InChI=1S/C12H15F2NOS/c1-8(2)9(3)17(16)15-7-10-4-11(13)6-12(14)5-10/h4-9H,1-3H3/p+1/b15-7+. The molecule has 2 nitrogen and oxygen atoms in total. The first kappa shape index (κ1) is 14.0. The van der Waals surface area contributed by atoms with Crippen molar-refractivity contribution in [3.8, 4) is 0 Å². The van der Waals surface area contributed by atoms with Gasteiger partial charge in [0.1, 0.15) is 16.9 Å². The Morgan fingerprint density at radius 2 is 1.71 bits per heavy atom. The van der Waals surface area contributed by atoms with Crippen LogP contribution in [0.1, 0.15) is 26.3 Å². The topological polar surface area (TPSA) is 29.4 Å². The van der Waals surface area contributed by atoms with Crippen LogP contribution < -0.4 is 0 Å². The van der Waals surface area contributed by atoms with Gasteiger partial charge < -0.3 is 0 Å². The molecule has 0 aliphatic rings. The van der Waals surface area contributed by atoms with Gasteiger partial charge in [0.05, 0.1) is 6.21 Å². The van der Waals surface area contributed by atoms with Crippen LogP contribution in [-0.4, -0.2) is 11.5 Å². The van der Waals surface area contributed by atoms with Crippen LogP contribution in [0.25, 0.3) is 0 Å². The number of hydrogen-bond donors (Lipinski definition) is 0. The zero-order chi connectivity index (χ0) is 13.0. The third-order valence-electron chi connectivity index (χ3n) is 2.52. The molecule has 5 heteroatoms. The van der Waals surface area contributed by atoms with Crippen molar-refractivity contribution in [1.29, 1.82) is 0 Å². The first-order valence-corrected chi connectivity index (χ1v) is 6.64. The lowest BCUT2D eigenvalue weighted by Crippen LogP contribution is -2.15. The van der Waals surface area contributed by atoms with Crippen molar-refractivity contribution in [3.05, 3.63) is 35.4 Å². The number of hydrogen-bond acceptors (Lipinski definition) is 1. The van der Waals surface area contributed by atoms with Gasteiger partial charge in [-0.2, -0.15) is 0 Å². The third kappa shape index (κ3) is 4.34. The van der Waals surface area contributed by atoms with Crippen LogP contribution in [0.3, 0.4) is 0 Å². The van der Waals surface area contributed by atoms with E-state index in [0.717, 1.165) is 18.2 Å². The van der Waals surface area contributed by atoms with Crippen molar-refractivity contribution in [2.24, 2.45) is 10.3 Å². The minimum atomic E-state index is -1.75. The molecule has 0 N–H and O–H groups in total. The van der Waals surface area contributed by atoms with Crippen LogP contribution in [0.5, 0.6) is 0 Å². The van der Waals surface area contributed by atoms with E-state index in [4.69, 9.17) is 0 Å². The van der Waals surface area contributed by atoms with E-state index in [1.807, 2.05) is 20.8 Å². The molecule has 0 radical (unpaired) electrons. The van der Waals surface area contributed by atoms with E-state index < -0.39 is 22.6 Å². The normalized spacial score (nSPS) is 15.4. The van der Waals surface area contributed by atoms with E-state index in [2.05, 4.69) is 4.40 Å². The zero-order valence-corrected chi connectivity index (χ0v) is 10.9. The van der Waals surface area contributed by atoms with E-state index in [1.165, 1.54) is 6.21 Å². The predicted octanol–water partition coefficient (Wildman–Crippen LogP) is 3.04. The summed E-state index contributed by atoms with van der Waals surface area (Å²) >= 11 is 0. The number of halogens is 2. The molecule has 0 aliphatic heterocycles. The molecular formula is C12H16F2NOS+. The molecule has 0 saturated heterocycles. The monoisotopic (exact) mass is 260 g/mol. The largest absolute Gasteiger partial charge is 0.207 e. The summed E-state index contributed by atoms with van der Waals surface area (Å²) in [5.74, 6) is -1.09. The van der Waals surface area contributed by atoms with Gasteiger partial charge in [0.2, 0.25) is 0 Å². The highest BCUT2D eigenvalue weighted by atomic mass is 32.2. The molecule has 1 aromatic carbocycles. The Morgan fingerprint density at radius 1 is 1.18 bits per heavy atom. The molecule has 0 spiro atoms. The van der Waals surface area contributed by atoms with Crippen LogP contribution in [0.15, 0.2) is 22.6 Å². The maximum atomic E-state index is 12.9. The molecule has 0 saturated carbocycles. The predicted molar refractivity (Wildman–Crippen MR) is 67.7 cm³/mol. The summed E-state index contributed by atoms with van der Waals surface area (Å²) in [7, 11) is -1.75. The molecule has 2 atom stereocenters. The molecule has 2 unspecified atom stereocenters. The fourth-order valence-corrected chi connectivity index (χ4v) is 2.10. The lowest BCUT2D eigenvalue weighted by atomic mass is 10.2. The second-order valence-corrected chi connectivity index (χ2v) is 5.89. The molecule has 94 valence electrons. The molecule has 1 rings (SSSR count). The fourth-order valence-electron chi connectivity index (χ4n) is 1.13. The average Bonchev–Trinajstić information content (AvgIpc) is 2.23. The third-order valence-corrected chi connectivity index (χ3v) is 4.15. The highest BCUT2D eigenvalue weighted by Crippen LogP contribution is 2.11. The van der Waals surface area contributed by atoms with E-state index >= 15 is 0 Å². The van der Waals surface area contributed by atoms with Gasteiger partial charge in [-0.1, -0.05) is 22.5 Å². The second kappa shape index (κ2) is 6.00. The zero-order valence-electron chi connectivity index (χ0n) is 10.0. The van der Waals surface area contributed by atoms with Crippen molar-refractivity contribution in [2.45, 2.75) is 26.0 Å². The molecule has 0 amide bonds. The van der Waals surface area contributed by atoms with Crippen molar-refractivity contribution >= 4 is 17.2 Å². The SMILES string of the molecule is CC(C)C(C)[SH+](=O)/N=C/c1cc(F)cc(F)c1. The fraction of sp³-hybridized carbons (Fsp3) is 0.417. The van der Waals surface area contributed by atoms with Gasteiger partial charge in [-0.3, -0.25) is 0 Å². The van der Waals surface area contributed by atoms with Gasteiger partial charge >= 0.3 is 0 Å². The van der Waals surface area contributed by atoms with Crippen molar-refractivity contribution in [1.82, 2.24) is 0 Å². The molecule has 0 aromatic heterocycles.